The third-order valence-electron chi connectivity index (χ3n) is 5.31. The molecule has 0 aliphatic carbocycles. The van der Waals surface area contributed by atoms with Crippen LogP contribution >= 0.6 is 0 Å². The van der Waals surface area contributed by atoms with E-state index in [0.29, 0.717) is 5.56 Å². The van der Waals surface area contributed by atoms with Crippen molar-refractivity contribution >= 4 is 22.9 Å². The Morgan fingerprint density at radius 1 is 0.879 bits per heavy atom. The second-order valence-corrected chi connectivity index (χ2v) is 7.45. The van der Waals surface area contributed by atoms with Crippen LogP contribution in [-0.4, -0.2) is 27.0 Å². The molecule has 2 N–H and O–H groups in total. The molecule has 0 saturated carbocycles. The van der Waals surface area contributed by atoms with Gasteiger partial charge in [0.1, 0.15) is 5.75 Å². The highest BCUT2D eigenvalue weighted by atomic mass is 16.3. The molecular weight excluding hydrogens is 412 g/mol. The van der Waals surface area contributed by atoms with Crippen LogP contribution in [0.15, 0.2) is 108 Å². The molecule has 0 unspecified atom stereocenters. The Labute approximate surface area is 190 Å². The van der Waals surface area contributed by atoms with Gasteiger partial charge in [-0.1, -0.05) is 72.8 Å². The fourth-order valence-corrected chi connectivity index (χ4v) is 3.71. The number of aromatic nitrogens is 2. The van der Waals surface area contributed by atoms with E-state index in [2.05, 4.69) is 33.8 Å². The maximum absolute atomic E-state index is 12.8. The summed E-state index contributed by atoms with van der Waals surface area (Å²) in [6.45, 7) is 0. The molecule has 160 valence electrons. The first-order chi connectivity index (χ1) is 16.2. The van der Waals surface area contributed by atoms with Crippen molar-refractivity contribution in [2.45, 2.75) is 0 Å². The summed E-state index contributed by atoms with van der Waals surface area (Å²) in [4.78, 5) is 12.8. The second-order valence-electron chi connectivity index (χ2n) is 7.45. The van der Waals surface area contributed by atoms with E-state index in [1.807, 2.05) is 54.6 Å². The molecule has 6 nitrogen and oxygen atoms in total. The molecular formula is C27H20N4O2. The molecule has 6 heteroatoms. The number of aromatic hydroxyl groups is 1. The van der Waals surface area contributed by atoms with E-state index in [9.17, 15) is 9.90 Å². The highest BCUT2D eigenvalue weighted by Crippen LogP contribution is 2.31. The zero-order chi connectivity index (χ0) is 22.6. The summed E-state index contributed by atoms with van der Waals surface area (Å²) in [6, 6.07) is 32.4. The maximum Gasteiger partial charge on any atom is 0.291 e. The van der Waals surface area contributed by atoms with Crippen molar-refractivity contribution in [2.75, 3.05) is 0 Å². The van der Waals surface area contributed by atoms with Gasteiger partial charge < -0.3 is 5.11 Å². The van der Waals surface area contributed by atoms with Crippen molar-refractivity contribution in [3.8, 4) is 22.7 Å². The number of fused-ring (bicyclic) bond motifs is 1. The van der Waals surface area contributed by atoms with Crippen molar-refractivity contribution in [3.63, 3.8) is 0 Å². The molecule has 5 aromatic rings. The number of phenolic OH excluding ortho intramolecular Hbond substituents is 1. The minimum absolute atomic E-state index is 0.0853. The van der Waals surface area contributed by atoms with E-state index < -0.39 is 5.91 Å². The van der Waals surface area contributed by atoms with Crippen molar-refractivity contribution in [1.29, 1.82) is 0 Å². The fourth-order valence-electron chi connectivity index (χ4n) is 3.71. The van der Waals surface area contributed by atoms with Gasteiger partial charge in [0.05, 0.1) is 17.6 Å². The number of carbonyl (C=O) groups is 1. The molecule has 0 aliphatic heterocycles. The number of para-hydroxylation sites is 2. The van der Waals surface area contributed by atoms with Gasteiger partial charge in [-0.2, -0.15) is 10.2 Å². The number of amides is 1. The molecule has 0 radical (unpaired) electrons. The van der Waals surface area contributed by atoms with Gasteiger partial charge in [0.2, 0.25) is 0 Å². The summed E-state index contributed by atoms with van der Waals surface area (Å²) in [5, 5.41) is 20.6. The van der Waals surface area contributed by atoms with Crippen LogP contribution in [0.1, 0.15) is 16.1 Å². The van der Waals surface area contributed by atoms with Gasteiger partial charge in [-0.25, -0.2) is 10.1 Å². The minimum atomic E-state index is -0.446. The van der Waals surface area contributed by atoms with Crippen LogP contribution in [0.25, 0.3) is 27.7 Å². The van der Waals surface area contributed by atoms with Crippen LogP contribution < -0.4 is 5.43 Å². The minimum Gasteiger partial charge on any atom is -0.507 e. The van der Waals surface area contributed by atoms with E-state index >= 15 is 0 Å². The van der Waals surface area contributed by atoms with E-state index in [0.717, 1.165) is 27.7 Å². The lowest BCUT2D eigenvalue weighted by Crippen LogP contribution is -2.18. The number of benzene rings is 4. The summed E-state index contributed by atoms with van der Waals surface area (Å²) in [5.41, 5.74) is 5.85. The molecule has 0 aliphatic rings. The Balaban J connectivity index is 1.54. The van der Waals surface area contributed by atoms with Gasteiger partial charge in [0.25, 0.3) is 5.91 Å². The van der Waals surface area contributed by atoms with E-state index in [1.165, 1.54) is 6.21 Å². The van der Waals surface area contributed by atoms with E-state index in [-0.39, 0.29) is 11.4 Å². The van der Waals surface area contributed by atoms with Gasteiger partial charge in [0.15, 0.2) is 5.69 Å². The first-order valence-electron chi connectivity index (χ1n) is 10.5. The monoisotopic (exact) mass is 432 g/mol. The number of phenols is 1. The average molecular weight is 432 g/mol. The van der Waals surface area contributed by atoms with Crippen LogP contribution in [0.3, 0.4) is 0 Å². The molecule has 1 heterocycles. The van der Waals surface area contributed by atoms with Gasteiger partial charge in [-0.15, -0.1) is 0 Å². The fraction of sp³-hybridized carbons (Fsp3) is 0. The molecule has 0 bridgehead atoms. The lowest BCUT2D eigenvalue weighted by atomic mass is 10.0. The lowest BCUT2D eigenvalue weighted by Gasteiger charge is -2.10. The molecule has 4 aromatic carbocycles. The van der Waals surface area contributed by atoms with Crippen LogP contribution in [0.5, 0.6) is 5.75 Å². The second kappa shape index (κ2) is 8.80. The highest BCUT2D eigenvalue weighted by molar-refractivity contribution is 5.99. The molecule has 33 heavy (non-hydrogen) atoms. The quantitative estimate of drug-likeness (QED) is 0.297. The smallest absolute Gasteiger partial charge is 0.291 e. The molecule has 0 fully saturated rings. The third-order valence-corrected chi connectivity index (χ3v) is 5.31. The maximum atomic E-state index is 12.8. The zero-order valence-electron chi connectivity index (χ0n) is 17.6. The molecule has 5 rings (SSSR count). The predicted octanol–water partition coefficient (Wildman–Crippen LogP) is 5.16. The van der Waals surface area contributed by atoms with Gasteiger partial charge in [-0.05, 0) is 41.1 Å². The average Bonchev–Trinajstić information content (AvgIpc) is 3.31. The number of rotatable bonds is 5. The summed E-state index contributed by atoms with van der Waals surface area (Å²) in [7, 11) is 0. The van der Waals surface area contributed by atoms with Gasteiger partial charge >= 0.3 is 0 Å². The first-order valence-corrected chi connectivity index (χ1v) is 10.5. The summed E-state index contributed by atoms with van der Waals surface area (Å²) in [5.74, 6) is -0.361. The first kappa shape index (κ1) is 20.2. The van der Waals surface area contributed by atoms with Crippen molar-refractivity contribution < 1.29 is 9.90 Å². The summed E-state index contributed by atoms with van der Waals surface area (Å²) in [6.07, 6.45) is 1.40. The number of nitrogens with one attached hydrogen (secondary N) is 1. The lowest BCUT2D eigenvalue weighted by molar-refractivity contribution is 0.0949. The van der Waals surface area contributed by atoms with Crippen LogP contribution in [0.2, 0.25) is 0 Å². The highest BCUT2D eigenvalue weighted by Gasteiger charge is 2.18. The van der Waals surface area contributed by atoms with Crippen LogP contribution in [0.4, 0.5) is 0 Å². The topological polar surface area (TPSA) is 79.5 Å². The number of carbonyl (C=O) groups excluding carboxylic acids is 1. The molecule has 0 spiro atoms. The third kappa shape index (κ3) is 4.09. The van der Waals surface area contributed by atoms with E-state index in [1.54, 1.807) is 35.0 Å². The van der Waals surface area contributed by atoms with Crippen LogP contribution in [-0.2, 0) is 0 Å². The van der Waals surface area contributed by atoms with E-state index in [4.69, 9.17) is 0 Å². The number of hydrogen-bond donors (Lipinski definition) is 2. The SMILES string of the molecule is O=C(N/N=C\c1ccccc1O)c1cc(-c2cccc3ccccc23)n(-c2ccccc2)n1. The summed E-state index contributed by atoms with van der Waals surface area (Å²) >= 11 is 0. The molecule has 0 atom stereocenters. The Morgan fingerprint density at radius 2 is 1.61 bits per heavy atom. The largest absolute Gasteiger partial charge is 0.507 e. The normalized spacial score (nSPS) is 11.2. The van der Waals surface area contributed by atoms with Crippen LogP contribution in [0, 0.1) is 0 Å². The number of hydrogen-bond acceptors (Lipinski definition) is 4. The van der Waals surface area contributed by atoms with Gasteiger partial charge in [0, 0.05) is 11.1 Å². The Kier molecular flexibility index (Phi) is 5.39. The Hall–Kier alpha value is -4.71. The van der Waals surface area contributed by atoms with Crippen molar-refractivity contribution in [3.05, 3.63) is 114 Å². The van der Waals surface area contributed by atoms with Crippen molar-refractivity contribution in [1.82, 2.24) is 15.2 Å². The molecule has 1 amide bonds. The molecule has 0 saturated heterocycles. The predicted molar refractivity (Wildman–Crippen MR) is 130 cm³/mol. The number of hydrazone groups is 1. The zero-order valence-corrected chi connectivity index (χ0v) is 17.6. The van der Waals surface area contributed by atoms with Gasteiger partial charge in [-0.3, -0.25) is 4.79 Å². The Morgan fingerprint density at radius 3 is 2.45 bits per heavy atom. The standard InChI is InChI=1S/C27H20N4O2/c32-26-16-7-5-10-20(26)18-28-29-27(33)24-17-25(31(30-24)21-12-2-1-3-13-21)23-15-8-11-19-9-4-6-14-22(19)23/h1-18,32H,(H,29,33)/b28-18-. The van der Waals surface area contributed by atoms with Crippen molar-refractivity contribution in [2.24, 2.45) is 5.10 Å². The number of nitrogens with zero attached hydrogens (tertiary/aromatic N) is 3. The molecule has 1 aromatic heterocycles. The summed E-state index contributed by atoms with van der Waals surface area (Å²) < 4.78 is 1.77. The Bertz CT molecular complexity index is 1470.